The Bertz CT molecular complexity index is 721. The summed E-state index contributed by atoms with van der Waals surface area (Å²) in [6.07, 6.45) is 1.42. The Morgan fingerprint density at radius 1 is 1.10 bits per heavy atom. The second-order valence-corrected chi connectivity index (χ2v) is 4.10. The zero-order valence-corrected chi connectivity index (χ0v) is 10.7. The van der Waals surface area contributed by atoms with Gasteiger partial charge in [0.1, 0.15) is 5.56 Å². The van der Waals surface area contributed by atoms with Gasteiger partial charge in [0.25, 0.3) is 11.5 Å². The molecule has 0 atom stereocenters. The standard InChI is InChI=1S/C14H12N2O4/c1-16(11-7-3-2-5-9(11)14(19)20)13(18)10-6-4-8-15-12(10)17/h2-8H,1H3,(H,15,17)(H,19,20). The smallest absolute Gasteiger partial charge is 0.337 e. The fourth-order valence-electron chi connectivity index (χ4n) is 1.83. The van der Waals surface area contributed by atoms with E-state index in [-0.39, 0.29) is 16.8 Å². The van der Waals surface area contributed by atoms with Crippen molar-refractivity contribution in [3.63, 3.8) is 0 Å². The fourth-order valence-corrected chi connectivity index (χ4v) is 1.83. The predicted molar refractivity (Wildman–Crippen MR) is 73.2 cm³/mol. The molecule has 0 aliphatic heterocycles. The normalized spacial score (nSPS) is 10.1. The number of amides is 1. The Morgan fingerprint density at radius 3 is 2.40 bits per heavy atom. The summed E-state index contributed by atoms with van der Waals surface area (Å²) in [6, 6.07) is 9.03. The minimum atomic E-state index is -1.14. The molecular formula is C14H12N2O4. The fraction of sp³-hybridized carbons (Fsp3) is 0.0714. The van der Waals surface area contributed by atoms with Crippen molar-refractivity contribution < 1.29 is 14.7 Å². The van der Waals surface area contributed by atoms with E-state index in [9.17, 15) is 14.4 Å². The summed E-state index contributed by atoms with van der Waals surface area (Å²) >= 11 is 0. The van der Waals surface area contributed by atoms with Crippen LogP contribution < -0.4 is 10.5 Å². The van der Waals surface area contributed by atoms with Crippen molar-refractivity contribution in [3.05, 3.63) is 64.1 Å². The topological polar surface area (TPSA) is 90.5 Å². The molecule has 20 heavy (non-hydrogen) atoms. The number of pyridine rings is 1. The summed E-state index contributed by atoms with van der Waals surface area (Å²) in [6.45, 7) is 0. The van der Waals surface area contributed by atoms with Crippen LogP contribution in [0.25, 0.3) is 0 Å². The van der Waals surface area contributed by atoms with Gasteiger partial charge in [-0.15, -0.1) is 0 Å². The third-order valence-corrected chi connectivity index (χ3v) is 2.85. The molecule has 0 saturated carbocycles. The van der Waals surface area contributed by atoms with Gasteiger partial charge in [-0.05, 0) is 24.3 Å². The van der Waals surface area contributed by atoms with Gasteiger partial charge < -0.3 is 15.0 Å². The van der Waals surface area contributed by atoms with E-state index in [1.165, 1.54) is 37.5 Å². The first kappa shape index (κ1) is 13.5. The van der Waals surface area contributed by atoms with E-state index in [1.807, 2.05) is 0 Å². The number of H-pyrrole nitrogens is 1. The van der Waals surface area contributed by atoms with Crippen LogP contribution in [0, 0.1) is 0 Å². The van der Waals surface area contributed by atoms with Crippen LogP contribution in [0.2, 0.25) is 0 Å². The van der Waals surface area contributed by atoms with Gasteiger partial charge in [-0.1, -0.05) is 12.1 Å². The van der Waals surface area contributed by atoms with Crippen molar-refractivity contribution in [2.24, 2.45) is 0 Å². The Hall–Kier alpha value is -2.89. The molecule has 0 aliphatic carbocycles. The van der Waals surface area contributed by atoms with Crippen LogP contribution in [0.3, 0.4) is 0 Å². The van der Waals surface area contributed by atoms with E-state index in [0.29, 0.717) is 0 Å². The van der Waals surface area contributed by atoms with Crippen LogP contribution in [0.1, 0.15) is 20.7 Å². The lowest BCUT2D eigenvalue weighted by Gasteiger charge is -2.18. The number of hydrogen-bond donors (Lipinski definition) is 2. The van der Waals surface area contributed by atoms with Gasteiger partial charge in [-0.3, -0.25) is 9.59 Å². The summed E-state index contributed by atoms with van der Waals surface area (Å²) in [4.78, 5) is 38.5. The minimum absolute atomic E-state index is 0.00397. The molecular weight excluding hydrogens is 260 g/mol. The van der Waals surface area contributed by atoms with Crippen molar-refractivity contribution in [3.8, 4) is 0 Å². The summed E-state index contributed by atoms with van der Waals surface area (Å²) in [5.41, 5.74) is -0.337. The average Bonchev–Trinajstić information content (AvgIpc) is 2.46. The first-order valence-electron chi connectivity index (χ1n) is 5.80. The molecule has 0 radical (unpaired) electrons. The highest BCUT2D eigenvalue weighted by molar-refractivity contribution is 6.08. The van der Waals surface area contributed by atoms with Crippen molar-refractivity contribution >= 4 is 17.6 Å². The first-order chi connectivity index (χ1) is 9.52. The van der Waals surface area contributed by atoms with E-state index < -0.39 is 17.4 Å². The third-order valence-electron chi connectivity index (χ3n) is 2.85. The highest BCUT2D eigenvalue weighted by Crippen LogP contribution is 2.20. The number of anilines is 1. The molecule has 0 fully saturated rings. The van der Waals surface area contributed by atoms with Gasteiger partial charge >= 0.3 is 5.97 Å². The number of rotatable bonds is 3. The average molecular weight is 272 g/mol. The molecule has 2 rings (SSSR count). The van der Waals surface area contributed by atoms with E-state index in [0.717, 1.165) is 4.90 Å². The van der Waals surface area contributed by atoms with Gasteiger partial charge in [0, 0.05) is 13.2 Å². The maximum atomic E-state index is 12.3. The van der Waals surface area contributed by atoms with Gasteiger partial charge in [0.05, 0.1) is 11.3 Å². The predicted octanol–water partition coefficient (Wildman–Crippen LogP) is 1.35. The second kappa shape index (κ2) is 5.40. The van der Waals surface area contributed by atoms with Crippen LogP contribution >= 0.6 is 0 Å². The molecule has 102 valence electrons. The molecule has 6 heteroatoms. The summed E-state index contributed by atoms with van der Waals surface area (Å²) in [7, 11) is 1.43. The number of hydrogen-bond acceptors (Lipinski definition) is 3. The lowest BCUT2D eigenvalue weighted by molar-refractivity contribution is 0.0697. The van der Waals surface area contributed by atoms with Gasteiger partial charge in [0.2, 0.25) is 0 Å². The van der Waals surface area contributed by atoms with Crippen molar-refractivity contribution in [2.45, 2.75) is 0 Å². The van der Waals surface area contributed by atoms with Crippen molar-refractivity contribution in [2.75, 3.05) is 11.9 Å². The quantitative estimate of drug-likeness (QED) is 0.882. The van der Waals surface area contributed by atoms with E-state index in [4.69, 9.17) is 5.11 Å². The number of aromatic amines is 1. The zero-order valence-electron chi connectivity index (χ0n) is 10.7. The van der Waals surface area contributed by atoms with Crippen LogP contribution in [-0.4, -0.2) is 29.0 Å². The first-order valence-corrected chi connectivity index (χ1v) is 5.80. The summed E-state index contributed by atoms with van der Waals surface area (Å²) in [5.74, 6) is -1.71. The number of benzene rings is 1. The van der Waals surface area contributed by atoms with Crippen LogP contribution in [-0.2, 0) is 0 Å². The summed E-state index contributed by atoms with van der Waals surface area (Å²) in [5, 5.41) is 9.12. The molecule has 0 unspecified atom stereocenters. The number of carboxylic acids is 1. The number of carbonyl (C=O) groups excluding carboxylic acids is 1. The summed E-state index contributed by atoms with van der Waals surface area (Å²) < 4.78 is 0. The molecule has 0 bridgehead atoms. The molecule has 2 aromatic rings. The lowest BCUT2D eigenvalue weighted by atomic mass is 10.1. The maximum absolute atomic E-state index is 12.3. The number of para-hydroxylation sites is 1. The molecule has 1 aromatic heterocycles. The number of aromatic carboxylic acids is 1. The largest absolute Gasteiger partial charge is 0.478 e. The molecule has 0 spiro atoms. The molecule has 2 N–H and O–H groups in total. The van der Waals surface area contributed by atoms with Gasteiger partial charge in [-0.25, -0.2) is 4.79 Å². The van der Waals surface area contributed by atoms with Crippen LogP contribution in [0.15, 0.2) is 47.4 Å². The van der Waals surface area contributed by atoms with Gasteiger partial charge in [0.15, 0.2) is 0 Å². The maximum Gasteiger partial charge on any atom is 0.337 e. The van der Waals surface area contributed by atoms with Crippen molar-refractivity contribution in [1.29, 1.82) is 0 Å². The second-order valence-electron chi connectivity index (χ2n) is 4.10. The SMILES string of the molecule is CN(C(=O)c1ccc[nH]c1=O)c1ccccc1C(=O)O. The number of nitrogens with one attached hydrogen (secondary N) is 1. The molecule has 1 amide bonds. The van der Waals surface area contributed by atoms with Crippen LogP contribution in [0.5, 0.6) is 0 Å². The van der Waals surface area contributed by atoms with Gasteiger partial charge in [-0.2, -0.15) is 0 Å². The molecule has 1 aromatic carbocycles. The zero-order chi connectivity index (χ0) is 14.7. The number of carbonyl (C=O) groups is 2. The Balaban J connectivity index is 2.45. The Labute approximate surface area is 114 Å². The molecule has 0 aliphatic rings. The molecule has 0 saturated heterocycles. The highest BCUT2D eigenvalue weighted by atomic mass is 16.4. The monoisotopic (exact) mass is 272 g/mol. The molecule has 1 heterocycles. The number of carboxylic acid groups (broad SMARTS) is 1. The minimum Gasteiger partial charge on any atom is -0.478 e. The highest BCUT2D eigenvalue weighted by Gasteiger charge is 2.20. The van der Waals surface area contributed by atoms with Crippen LogP contribution in [0.4, 0.5) is 5.69 Å². The number of nitrogens with zero attached hydrogens (tertiary/aromatic N) is 1. The van der Waals surface area contributed by atoms with E-state index in [2.05, 4.69) is 4.98 Å². The number of aromatic nitrogens is 1. The van der Waals surface area contributed by atoms with E-state index in [1.54, 1.807) is 12.1 Å². The Morgan fingerprint density at radius 2 is 1.75 bits per heavy atom. The Kier molecular flexibility index (Phi) is 3.65. The third kappa shape index (κ3) is 2.44. The lowest BCUT2D eigenvalue weighted by Crippen LogP contribution is -2.32. The van der Waals surface area contributed by atoms with E-state index >= 15 is 0 Å². The van der Waals surface area contributed by atoms with Crippen molar-refractivity contribution in [1.82, 2.24) is 4.98 Å². The molecule has 6 nitrogen and oxygen atoms in total.